The maximum Gasteiger partial charge on any atom is 0.166 e. The molecule has 0 aromatic heterocycles. The number of hydrogen-bond acceptors (Lipinski definition) is 3. The molecule has 0 saturated heterocycles. The highest BCUT2D eigenvalue weighted by atomic mass is 32.1. The molecule has 0 saturated carbocycles. The molecule has 0 spiro atoms. The Balaban J connectivity index is 2.43. The van der Waals surface area contributed by atoms with E-state index < -0.39 is 6.04 Å². The number of Topliss-reactive ketones (excluding diaryl/α,β-unsaturated/α-hetero) is 1. The lowest BCUT2D eigenvalue weighted by molar-refractivity contribution is -0.117. The van der Waals surface area contributed by atoms with E-state index >= 15 is 0 Å². The minimum atomic E-state index is -0.584. The van der Waals surface area contributed by atoms with Crippen LogP contribution in [0.5, 0.6) is 0 Å². The number of hydrogen-bond donors (Lipinski definition) is 2. The lowest BCUT2D eigenvalue weighted by atomic mass is 9.85. The highest BCUT2D eigenvalue weighted by molar-refractivity contribution is 7.80. The van der Waals surface area contributed by atoms with Gasteiger partial charge in [-0.1, -0.05) is 60.7 Å². The molecule has 0 bridgehead atoms. The first-order valence-electron chi connectivity index (χ1n) is 6.12. The molecular weight excluding hydrogens is 254 g/mol. The number of benzene rings is 2. The van der Waals surface area contributed by atoms with Crippen molar-refractivity contribution in [1.82, 2.24) is 0 Å². The van der Waals surface area contributed by atoms with Crippen LogP contribution in [-0.2, 0) is 4.79 Å². The Hall–Kier alpha value is -1.58. The van der Waals surface area contributed by atoms with Gasteiger partial charge in [-0.2, -0.15) is 12.6 Å². The molecule has 0 heterocycles. The molecule has 0 fully saturated rings. The fourth-order valence-electron chi connectivity index (χ4n) is 1.93. The molecular formula is C16H16NOS. The Kier molecular flexibility index (Phi) is 4.77. The summed E-state index contributed by atoms with van der Waals surface area (Å²) in [5, 5.41) is 0. The summed E-state index contributed by atoms with van der Waals surface area (Å²) >= 11 is 4.12. The third-order valence-corrected chi connectivity index (χ3v) is 3.30. The van der Waals surface area contributed by atoms with Crippen LogP contribution in [-0.4, -0.2) is 17.6 Å². The Labute approximate surface area is 119 Å². The molecule has 1 atom stereocenters. The molecule has 97 valence electrons. The molecule has 2 N–H and O–H groups in total. The summed E-state index contributed by atoms with van der Waals surface area (Å²) in [6, 6.07) is 18.6. The largest absolute Gasteiger partial charge is 0.321 e. The third-order valence-electron chi connectivity index (χ3n) is 2.90. The Bertz CT molecular complexity index is 487. The molecule has 0 aliphatic carbocycles. The van der Waals surface area contributed by atoms with Gasteiger partial charge >= 0.3 is 0 Å². The van der Waals surface area contributed by atoms with E-state index in [2.05, 4.69) is 12.6 Å². The molecule has 3 heteroatoms. The van der Waals surface area contributed by atoms with Crippen molar-refractivity contribution < 1.29 is 4.79 Å². The zero-order valence-electron chi connectivity index (χ0n) is 10.5. The summed E-state index contributed by atoms with van der Waals surface area (Å²) in [7, 11) is 0. The van der Waals surface area contributed by atoms with E-state index in [1.165, 1.54) is 0 Å². The molecule has 0 amide bonds. The van der Waals surface area contributed by atoms with Gasteiger partial charge in [0.15, 0.2) is 5.78 Å². The Morgan fingerprint density at radius 2 is 1.37 bits per heavy atom. The lowest BCUT2D eigenvalue weighted by Gasteiger charge is -2.19. The van der Waals surface area contributed by atoms with Crippen molar-refractivity contribution in [2.24, 2.45) is 5.73 Å². The van der Waals surface area contributed by atoms with Crippen LogP contribution in [0.3, 0.4) is 0 Å². The highest BCUT2D eigenvalue weighted by Crippen LogP contribution is 2.25. The van der Waals surface area contributed by atoms with Crippen molar-refractivity contribution >= 4 is 18.4 Å². The summed E-state index contributed by atoms with van der Waals surface area (Å²) in [5.41, 5.74) is 7.62. The van der Waals surface area contributed by atoms with Gasteiger partial charge in [-0.3, -0.25) is 4.79 Å². The van der Waals surface area contributed by atoms with Crippen molar-refractivity contribution in [2.75, 3.05) is 5.75 Å². The standard InChI is InChI=1S/C16H16NOS/c17-14(11-19)16(18)15(12-7-3-1-4-8-12)13-9-5-2-6-10-13/h1-10,14,19H,11,17H2/t14-/m0/s1. The Morgan fingerprint density at radius 1 is 0.947 bits per heavy atom. The summed E-state index contributed by atoms with van der Waals surface area (Å²) in [5.74, 6) is 0.914. The van der Waals surface area contributed by atoms with Crippen molar-refractivity contribution in [3.63, 3.8) is 0 Å². The molecule has 1 radical (unpaired) electrons. The summed E-state index contributed by atoms with van der Waals surface area (Å²) in [4.78, 5) is 12.5. The van der Waals surface area contributed by atoms with Gasteiger partial charge in [-0.25, -0.2) is 0 Å². The summed E-state index contributed by atoms with van der Waals surface area (Å²) in [6.45, 7) is 0. The van der Waals surface area contributed by atoms with E-state index in [1.54, 1.807) is 0 Å². The maximum atomic E-state index is 12.5. The van der Waals surface area contributed by atoms with Gasteiger partial charge in [0.25, 0.3) is 0 Å². The van der Waals surface area contributed by atoms with Crippen molar-refractivity contribution in [1.29, 1.82) is 0 Å². The minimum absolute atomic E-state index is 0.0765. The van der Waals surface area contributed by atoms with E-state index in [0.29, 0.717) is 11.7 Å². The summed E-state index contributed by atoms with van der Waals surface area (Å²) < 4.78 is 0. The normalized spacial score (nSPS) is 12.4. The number of ketones is 1. The number of nitrogens with two attached hydrogens (primary N) is 1. The molecule has 2 rings (SSSR count). The molecule has 0 unspecified atom stereocenters. The first kappa shape index (κ1) is 13.8. The number of thiol groups is 1. The average Bonchev–Trinajstić information content (AvgIpc) is 2.49. The molecule has 0 aliphatic rings. The SMILES string of the molecule is N[C@@H](CS)C(=O)[C](c1ccccc1)c1ccccc1. The fraction of sp³-hybridized carbons (Fsp3) is 0.125. The second kappa shape index (κ2) is 6.55. The van der Waals surface area contributed by atoms with E-state index in [4.69, 9.17) is 5.73 Å². The van der Waals surface area contributed by atoms with Crippen LogP contribution in [0.1, 0.15) is 11.1 Å². The Morgan fingerprint density at radius 3 is 1.74 bits per heavy atom. The smallest absolute Gasteiger partial charge is 0.166 e. The van der Waals surface area contributed by atoms with Crippen LogP contribution < -0.4 is 5.73 Å². The zero-order chi connectivity index (χ0) is 13.7. The van der Waals surface area contributed by atoms with E-state index in [1.807, 2.05) is 60.7 Å². The van der Waals surface area contributed by atoms with Crippen LogP contribution in [0, 0.1) is 5.92 Å². The van der Waals surface area contributed by atoms with E-state index in [9.17, 15) is 4.79 Å². The van der Waals surface area contributed by atoms with E-state index in [-0.39, 0.29) is 5.78 Å². The van der Waals surface area contributed by atoms with Gasteiger partial charge in [-0.05, 0) is 11.1 Å². The molecule has 2 nitrogen and oxygen atoms in total. The molecule has 2 aromatic rings. The van der Waals surface area contributed by atoms with Crippen LogP contribution in [0.15, 0.2) is 60.7 Å². The average molecular weight is 270 g/mol. The lowest BCUT2D eigenvalue weighted by Crippen LogP contribution is -2.37. The predicted molar refractivity (Wildman–Crippen MR) is 81.2 cm³/mol. The van der Waals surface area contributed by atoms with Gasteiger partial charge in [0, 0.05) is 5.75 Å². The minimum Gasteiger partial charge on any atom is -0.321 e. The second-order valence-corrected chi connectivity index (χ2v) is 4.63. The number of carbonyl (C=O) groups is 1. The van der Waals surface area contributed by atoms with Crippen LogP contribution in [0.4, 0.5) is 0 Å². The summed E-state index contributed by atoms with van der Waals surface area (Å²) in [6.07, 6.45) is 0. The number of carbonyl (C=O) groups excluding carboxylic acids is 1. The van der Waals surface area contributed by atoms with Gasteiger partial charge < -0.3 is 5.73 Å². The fourth-order valence-corrected chi connectivity index (χ4v) is 2.09. The van der Waals surface area contributed by atoms with E-state index in [0.717, 1.165) is 11.1 Å². The highest BCUT2D eigenvalue weighted by Gasteiger charge is 2.27. The second-order valence-electron chi connectivity index (χ2n) is 4.26. The van der Waals surface area contributed by atoms with Gasteiger partial charge in [0.05, 0.1) is 6.04 Å². The number of rotatable bonds is 5. The zero-order valence-corrected chi connectivity index (χ0v) is 11.4. The molecule has 2 aromatic carbocycles. The topological polar surface area (TPSA) is 43.1 Å². The van der Waals surface area contributed by atoms with Crippen LogP contribution in [0.2, 0.25) is 0 Å². The quantitative estimate of drug-likeness (QED) is 0.820. The maximum absolute atomic E-state index is 12.5. The first-order valence-corrected chi connectivity index (χ1v) is 6.75. The van der Waals surface area contributed by atoms with Crippen molar-refractivity contribution in [2.45, 2.75) is 6.04 Å². The van der Waals surface area contributed by atoms with Crippen LogP contribution >= 0.6 is 12.6 Å². The molecule has 0 aliphatic heterocycles. The van der Waals surface area contributed by atoms with Gasteiger partial charge in [0.2, 0.25) is 0 Å². The monoisotopic (exact) mass is 270 g/mol. The van der Waals surface area contributed by atoms with Gasteiger partial charge in [0.1, 0.15) is 5.92 Å². The van der Waals surface area contributed by atoms with Crippen molar-refractivity contribution in [3.8, 4) is 0 Å². The van der Waals surface area contributed by atoms with Crippen LogP contribution in [0.25, 0.3) is 0 Å². The van der Waals surface area contributed by atoms with Crippen molar-refractivity contribution in [3.05, 3.63) is 77.7 Å². The third kappa shape index (κ3) is 3.25. The molecule has 19 heavy (non-hydrogen) atoms. The predicted octanol–water partition coefficient (Wildman–Crippen LogP) is 2.48. The van der Waals surface area contributed by atoms with Gasteiger partial charge in [-0.15, -0.1) is 0 Å². The first-order chi connectivity index (χ1) is 9.24.